The van der Waals surface area contributed by atoms with Crippen LogP contribution in [0.1, 0.15) is 33.1 Å². The number of nitrogens with one attached hydrogen (secondary N) is 1. The van der Waals surface area contributed by atoms with Crippen molar-refractivity contribution < 1.29 is 14.2 Å². The lowest BCUT2D eigenvalue weighted by Gasteiger charge is -2.40. The molecular weight excluding hydrogens is 447 g/mol. The zero-order valence-corrected chi connectivity index (χ0v) is 19.6. The topological polar surface area (TPSA) is 68.7 Å². The van der Waals surface area contributed by atoms with Crippen molar-refractivity contribution in [3.8, 4) is 23.5 Å². The molecule has 2 aromatic rings. The number of hydrogen-bond acceptors (Lipinski definition) is 6. The zero-order chi connectivity index (χ0) is 21.8. The number of nitrogens with zero attached hydrogens (tertiary/aromatic N) is 3. The monoisotopic (exact) mass is 470 g/mol. The molecule has 10 heteroatoms. The molecule has 2 atom stereocenters. The number of benzene rings is 1. The number of halogens is 2. The first kappa shape index (κ1) is 22.7. The molecule has 0 radical (unpaired) electrons. The fourth-order valence-corrected chi connectivity index (χ4v) is 4.35. The predicted molar refractivity (Wildman–Crippen MR) is 123 cm³/mol. The van der Waals surface area contributed by atoms with E-state index in [2.05, 4.69) is 34.0 Å². The van der Waals surface area contributed by atoms with Crippen molar-refractivity contribution >= 4 is 46.2 Å². The Kier molecular flexibility index (Phi) is 7.44. The van der Waals surface area contributed by atoms with Crippen LogP contribution in [0.25, 0.3) is 0 Å². The van der Waals surface area contributed by atoms with E-state index in [-0.39, 0.29) is 22.8 Å². The number of likely N-dealkylation sites (tertiary alicyclic amines) is 1. The van der Waals surface area contributed by atoms with Crippen LogP contribution in [-0.2, 0) is 0 Å². The van der Waals surface area contributed by atoms with Gasteiger partial charge in [0.05, 0.1) is 19.2 Å². The van der Waals surface area contributed by atoms with Crippen molar-refractivity contribution in [1.82, 2.24) is 14.9 Å². The van der Waals surface area contributed by atoms with E-state index >= 15 is 0 Å². The summed E-state index contributed by atoms with van der Waals surface area (Å²) in [5, 5.41) is 4.45. The highest BCUT2D eigenvalue weighted by molar-refractivity contribution is 7.80. The summed E-state index contributed by atoms with van der Waals surface area (Å²) in [7, 11) is 2.88. The van der Waals surface area contributed by atoms with Gasteiger partial charge in [0, 0.05) is 17.8 Å². The van der Waals surface area contributed by atoms with Crippen molar-refractivity contribution in [2.24, 2.45) is 0 Å². The molecule has 1 N–H and O–H groups in total. The van der Waals surface area contributed by atoms with Gasteiger partial charge >= 0.3 is 6.01 Å². The highest BCUT2D eigenvalue weighted by atomic mass is 35.5. The minimum Gasteiger partial charge on any atom is -0.480 e. The lowest BCUT2D eigenvalue weighted by molar-refractivity contribution is 0.194. The van der Waals surface area contributed by atoms with Crippen molar-refractivity contribution in [1.29, 1.82) is 0 Å². The van der Waals surface area contributed by atoms with E-state index in [0.717, 1.165) is 18.5 Å². The maximum absolute atomic E-state index is 6.43. The van der Waals surface area contributed by atoms with Gasteiger partial charge in [-0.15, -0.1) is 0 Å². The van der Waals surface area contributed by atoms with Gasteiger partial charge in [-0.1, -0.05) is 23.2 Å². The summed E-state index contributed by atoms with van der Waals surface area (Å²) in [5.41, 5.74) is 0.770. The van der Waals surface area contributed by atoms with Crippen LogP contribution in [0, 0.1) is 0 Å². The Morgan fingerprint density at radius 2 is 1.77 bits per heavy atom. The first-order valence-corrected chi connectivity index (χ1v) is 10.7. The van der Waals surface area contributed by atoms with E-state index in [4.69, 9.17) is 49.6 Å². The zero-order valence-electron chi connectivity index (χ0n) is 17.2. The van der Waals surface area contributed by atoms with Crippen molar-refractivity contribution in [2.75, 3.05) is 19.5 Å². The molecular formula is C20H24Cl2N4O3S. The second-order valence-electron chi connectivity index (χ2n) is 7.05. The Balaban J connectivity index is 1.77. The van der Waals surface area contributed by atoms with Crippen LogP contribution >= 0.6 is 35.4 Å². The van der Waals surface area contributed by atoms with Crippen LogP contribution in [-0.4, -0.2) is 46.3 Å². The molecule has 162 valence electrons. The van der Waals surface area contributed by atoms with Gasteiger partial charge in [-0.25, -0.2) is 0 Å². The van der Waals surface area contributed by atoms with E-state index in [1.807, 2.05) is 6.07 Å². The SMILES string of the molecule is COc1nc(OC)c(Cl)c(Oc2ccc(NC(=S)N3C(C)CCCC3C)cc2Cl)n1. The van der Waals surface area contributed by atoms with Crippen LogP contribution < -0.4 is 19.5 Å². The Bertz CT molecular complexity index is 921. The molecule has 1 aromatic heterocycles. The smallest absolute Gasteiger partial charge is 0.322 e. The summed E-state index contributed by atoms with van der Waals surface area (Å²) in [6, 6.07) is 6.15. The average Bonchev–Trinajstić information content (AvgIpc) is 2.71. The van der Waals surface area contributed by atoms with Gasteiger partial charge in [0.2, 0.25) is 11.8 Å². The number of ether oxygens (including phenoxy) is 3. The number of thiocarbonyl (C=S) groups is 1. The number of aromatic nitrogens is 2. The highest BCUT2D eigenvalue weighted by Gasteiger charge is 2.26. The van der Waals surface area contributed by atoms with Gasteiger partial charge < -0.3 is 24.4 Å². The summed E-state index contributed by atoms with van der Waals surface area (Å²) in [4.78, 5) is 10.4. The van der Waals surface area contributed by atoms with Gasteiger partial charge in [0.25, 0.3) is 0 Å². The standard InChI is InChI=1S/C20H24Cl2N4O3S/c1-11-6-5-7-12(2)26(11)20(30)23-13-8-9-15(14(21)10-13)29-18-16(22)17(27-3)24-19(25-18)28-4/h8-12H,5-7H2,1-4H3,(H,23,30). The normalized spacial score (nSPS) is 18.7. The summed E-state index contributed by atoms with van der Waals surface area (Å²) in [5.74, 6) is 0.593. The third-order valence-corrected chi connectivity index (χ3v) is 5.90. The number of hydrogen-bond donors (Lipinski definition) is 1. The van der Waals surface area contributed by atoms with Gasteiger partial charge in [-0.2, -0.15) is 9.97 Å². The summed E-state index contributed by atoms with van der Waals surface area (Å²) in [6.45, 7) is 4.39. The third-order valence-electron chi connectivity index (χ3n) is 4.96. The fourth-order valence-electron chi connectivity index (χ4n) is 3.46. The number of anilines is 1. The highest BCUT2D eigenvalue weighted by Crippen LogP contribution is 2.38. The molecule has 30 heavy (non-hydrogen) atoms. The Morgan fingerprint density at radius 1 is 1.10 bits per heavy atom. The molecule has 7 nitrogen and oxygen atoms in total. The molecule has 3 rings (SSSR count). The molecule has 1 fully saturated rings. The quantitative estimate of drug-likeness (QED) is 0.569. The summed E-state index contributed by atoms with van der Waals surface area (Å²) in [6.07, 6.45) is 3.49. The molecule has 0 amide bonds. The van der Waals surface area contributed by atoms with Crippen molar-refractivity contribution in [3.63, 3.8) is 0 Å². The second-order valence-corrected chi connectivity index (χ2v) is 8.22. The number of rotatable bonds is 5. The average molecular weight is 471 g/mol. The molecule has 1 aromatic carbocycles. The molecule has 1 aliphatic rings. The number of methoxy groups -OCH3 is 2. The minimum absolute atomic E-state index is 0.0655. The maximum Gasteiger partial charge on any atom is 0.322 e. The van der Waals surface area contributed by atoms with Crippen molar-refractivity contribution in [2.45, 2.75) is 45.2 Å². The van der Waals surface area contributed by atoms with E-state index < -0.39 is 0 Å². The lowest BCUT2D eigenvalue weighted by Crippen LogP contribution is -2.49. The Hall–Kier alpha value is -2.03. The molecule has 0 aliphatic carbocycles. The first-order chi connectivity index (χ1) is 14.3. The van der Waals surface area contributed by atoms with E-state index in [0.29, 0.717) is 28.0 Å². The first-order valence-electron chi connectivity index (χ1n) is 9.56. The lowest BCUT2D eigenvalue weighted by atomic mass is 9.98. The van der Waals surface area contributed by atoms with Gasteiger partial charge in [-0.3, -0.25) is 0 Å². The summed E-state index contributed by atoms with van der Waals surface area (Å²) < 4.78 is 16.0. The Labute approximate surface area is 191 Å². The predicted octanol–water partition coefficient (Wildman–Crippen LogP) is 5.55. The molecule has 0 bridgehead atoms. The summed E-state index contributed by atoms with van der Waals surface area (Å²) >= 11 is 18.3. The molecule has 1 aliphatic heterocycles. The van der Waals surface area contributed by atoms with Gasteiger partial charge in [0.1, 0.15) is 5.75 Å². The van der Waals surface area contributed by atoms with Crippen molar-refractivity contribution in [3.05, 3.63) is 28.2 Å². The molecule has 2 heterocycles. The molecule has 2 unspecified atom stereocenters. The number of piperidine rings is 1. The van der Waals surface area contributed by atoms with Gasteiger partial charge in [-0.05, 0) is 63.5 Å². The fraction of sp³-hybridized carbons (Fsp3) is 0.450. The van der Waals surface area contributed by atoms with E-state index in [9.17, 15) is 0 Å². The molecule has 1 saturated heterocycles. The van der Waals surface area contributed by atoms with E-state index in [1.165, 1.54) is 20.6 Å². The minimum atomic E-state index is 0.0655. The Morgan fingerprint density at radius 3 is 2.37 bits per heavy atom. The largest absolute Gasteiger partial charge is 0.480 e. The van der Waals surface area contributed by atoms with Crippen LogP contribution in [0.2, 0.25) is 10.0 Å². The molecule has 0 spiro atoms. The van der Waals surface area contributed by atoms with Gasteiger partial charge in [0.15, 0.2) is 10.1 Å². The molecule has 0 saturated carbocycles. The van der Waals surface area contributed by atoms with Crippen LogP contribution in [0.3, 0.4) is 0 Å². The van der Waals surface area contributed by atoms with Crippen LogP contribution in [0.4, 0.5) is 5.69 Å². The maximum atomic E-state index is 6.43. The third kappa shape index (κ3) is 4.99. The second kappa shape index (κ2) is 9.85. The van der Waals surface area contributed by atoms with Crippen LogP contribution in [0.5, 0.6) is 23.5 Å². The van der Waals surface area contributed by atoms with E-state index in [1.54, 1.807) is 12.1 Å². The van der Waals surface area contributed by atoms with Crippen LogP contribution in [0.15, 0.2) is 18.2 Å².